The van der Waals surface area contributed by atoms with E-state index < -0.39 is 11.7 Å². The van der Waals surface area contributed by atoms with Gasteiger partial charge in [0.05, 0.1) is 18.0 Å². The van der Waals surface area contributed by atoms with Gasteiger partial charge in [0, 0.05) is 12.1 Å². The van der Waals surface area contributed by atoms with E-state index in [1.165, 1.54) is 4.68 Å². The van der Waals surface area contributed by atoms with Crippen molar-refractivity contribution in [1.82, 2.24) is 15.1 Å². The molecule has 1 aromatic heterocycles. The minimum absolute atomic E-state index is 0.0350. The number of nitrogens with one attached hydrogen (secondary N) is 1. The number of carboxylic acid groups (broad SMARTS) is 1. The SMILES string of the molecule is O=C(O)c1ccc(CNC(=O)C(c2ccc(Cn3nc(-c4ccccc4)oc3=O)cc2)C2CCCC2)cc1. The molecule has 2 N–H and O–H groups in total. The summed E-state index contributed by atoms with van der Waals surface area (Å²) in [5.41, 5.74) is 3.62. The number of carboxylic acids is 1. The lowest BCUT2D eigenvalue weighted by Gasteiger charge is -2.23. The molecule has 5 rings (SSSR count). The molecule has 8 nitrogen and oxygen atoms in total. The molecule has 1 atom stereocenters. The van der Waals surface area contributed by atoms with Gasteiger partial charge in [-0.1, -0.05) is 67.4 Å². The van der Waals surface area contributed by atoms with E-state index in [1.54, 1.807) is 24.3 Å². The van der Waals surface area contributed by atoms with Crippen molar-refractivity contribution < 1.29 is 19.1 Å². The fourth-order valence-electron chi connectivity index (χ4n) is 5.10. The number of carbonyl (C=O) groups excluding carboxylic acids is 1. The summed E-state index contributed by atoms with van der Waals surface area (Å²) in [7, 11) is 0. The number of carbonyl (C=O) groups is 2. The molecule has 0 aliphatic heterocycles. The first-order valence-corrected chi connectivity index (χ1v) is 12.8. The molecule has 194 valence electrons. The van der Waals surface area contributed by atoms with Crippen molar-refractivity contribution in [2.75, 3.05) is 0 Å². The fourth-order valence-corrected chi connectivity index (χ4v) is 5.10. The molecule has 1 amide bonds. The second-order valence-electron chi connectivity index (χ2n) is 9.68. The van der Waals surface area contributed by atoms with Crippen molar-refractivity contribution in [3.63, 3.8) is 0 Å². The van der Waals surface area contributed by atoms with Crippen molar-refractivity contribution in [2.45, 2.75) is 44.7 Å². The van der Waals surface area contributed by atoms with Gasteiger partial charge in [-0.05, 0) is 59.7 Å². The molecule has 4 aromatic rings. The Bertz CT molecular complexity index is 1450. The predicted molar refractivity (Wildman–Crippen MR) is 142 cm³/mol. The van der Waals surface area contributed by atoms with Gasteiger partial charge in [-0.25, -0.2) is 9.59 Å². The molecule has 3 aromatic carbocycles. The number of benzene rings is 3. The zero-order valence-electron chi connectivity index (χ0n) is 20.9. The maximum atomic E-state index is 13.4. The van der Waals surface area contributed by atoms with Crippen LogP contribution in [0.15, 0.2) is 88.1 Å². The summed E-state index contributed by atoms with van der Waals surface area (Å²) < 4.78 is 6.63. The van der Waals surface area contributed by atoms with E-state index in [2.05, 4.69) is 10.4 Å². The molecule has 1 heterocycles. The molecular weight excluding hydrogens is 482 g/mol. The van der Waals surface area contributed by atoms with Gasteiger partial charge >= 0.3 is 11.7 Å². The van der Waals surface area contributed by atoms with Crippen LogP contribution in [0.1, 0.15) is 58.6 Å². The lowest BCUT2D eigenvalue weighted by Crippen LogP contribution is -2.32. The highest BCUT2D eigenvalue weighted by Gasteiger charge is 2.32. The van der Waals surface area contributed by atoms with Gasteiger partial charge in [0.2, 0.25) is 11.8 Å². The summed E-state index contributed by atoms with van der Waals surface area (Å²) in [5.74, 6) is -1.26. The van der Waals surface area contributed by atoms with Gasteiger partial charge < -0.3 is 14.8 Å². The Hall–Kier alpha value is -4.46. The number of amides is 1. The van der Waals surface area contributed by atoms with Crippen molar-refractivity contribution >= 4 is 11.9 Å². The first kappa shape index (κ1) is 25.2. The van der Waals surface area contributed by atoms with E-state index in [9.17, 15) is 14.4 Å². The number of rotatable bonds is 9. The molecule has 38 heavy (non-hydrogen) atoms. The van der Waals surface area contributed by atoms with Crippen LogP contribution in [0, 0.1) is 5.92 Å². The van der Waals surface area contributed by atoms with Crippen LogP contribution in [0.4, 0.5) is 0 Å². The van der Waals surface area contributed by atoms with Crippen LogP contribution in [-0.4, -0.2) is 26.8 Å². The van der Waals surface area contributed by atoms with E-state index in [0.717, 1.165) is 47.9 Å². The molecule has 1 aliphatic rings. The summed E-state index contributed by atoms with van der Waals surface area (Å²) in [6, 6.07) is 23.6. The van der Waals surface area contributed by atoms with Crippen LogP contribution >= 0.6 is 0 Å². The van der Waals surface area contributed by atoms with Crippen LogP contribution in [0.5, 0.6) is 0 Å². The van der Waals surface area contributed by atoms with Gasteiger partial charge in [0.25, 0.3) is 0 Å². The topological polar surface area (TPSA) is 114 Å². The molecule has 1 aliphatic carbocycles. The Kier molecular flexibility index (Phi) is 7.49. The second kappa shape index (κ2) is 11.3. The third-order valence-electron chi connectivity index (χ3n) is 7.12. The predicted octanol–water partition coefficient (Wildman–Crippen LogP) is 4.84. The van der Waals surface area contributed by atoms with Crippen LogP contribution in [0.25, 0.3) is 11.5 Å². The Morgan fingerprint density at radius 2 is 1.61 bits per heavy atom. The third-order valence-corrected chi connectivity index (χ3v) is 7.12. The molecule has 1 fully saturated rings. The highest BCUT2D eigenvalue weighted by Crippen LogP contribution is 2.37. The number of aromatic carboxylic acids is 1. The van der Waals surface area contributed by atoms with Crippen molar-refractivity contribution in [3.05, 3.63) is 112 Å². The monoisotopic (exact) mass is 511 g/mol. The van der Waals surface area contributed by atoms with Crippen molar-refractivity contribution in [2.24, 2.45) is 5.92 Å². The summed E-state index contributed by atoms with van der Waals surface area (Å²) in [5, 5.41) is 16.5. The molecule has 0 bridgehead atoms. The summed E-state index contributed by atoms with van der Waals surface area (Å²) in [4.78, 5) is 36.8. The zero-order valence-corrected chi connectivity index (χ0v) is 20.9. The third kappa shape index (κ3) is 5.75. The highest BCUT2D eigenvalue weighted by atomic mass is 16.4. The average Bonchev–Trinajstić information content (AvgIpc) is 3.59. The molecule has 1 unspecified atom stereocenters. The first-order valence-electron chi connectivity index (χ1n) is 12.8. The Morgan fingerprint density at radius 3 is 2.26 bits per heavy atom. The molecule has 8 heteroatoms. The minimum Gasteiger partial charge on any atom is -0.478 e. The lowest BCUT2D eigenvalue weighted by atomic mass is 9.83. The van der Waals surface area contributed by atoms with E-state index in [4.69, 9.17) is 9.52 Å². The van der Waals surface area contributed by atoms with Crippen LogP contribution in [0.2, 0.25) is 0 Å². The van der Waals surface area contributed by atoms with Gasteiger partial charge in [-0.3, -0.25) is 4.79 Å². The van der Waals surface area contributed by atoms with Gasteiger partial charge in [-0.15, -0.1) is 5.10 Å². The lowest BCUT2D eigenvalue weighted by molar-refractivity contribution is -0.123. The molecule has 0 radical (unpaired) electrons. The largest absolute Gasteiger partial charge is 0.478 e. The average molecular weight is 512 g/mol. The maximum absolute atomic E-state index is 13.4. The Morgan fingerprint density at radius 1 is 0.947 bits per heavy atom. The van der Waals surface area contributed by atoms with E-state index in [0.29, 0.717) is 6.54 Å². The van der Waals surface area contributed by atoms with E-state index >= 15 is 0 Å². The summed E-state index contributed by atoms with van der Waals surface area (Å²) >= 11 is 0. The quantitative estimate of drug-likeness (QED) is 0.332. The molecule has 0 spiro atoms. The number of hydrogen-bond donors (Lipinski definition) is 2. The molecule has 1 saturated carbocycles. The van der Waals surface area contributed by atoms with Gasteiger partial charge in [-0.2, -0.15) is 4.68 Å². The molecule has 0 saturated heterocycles. The Labute approximate surface area is 219 Å². The second-order valence-corrected chi connectivity index (χ2v) is 9.68. The molecular formula is C30H29N3O5. The Balaban J connectivity index is 1.29. The van der Waals surface area contributed by atoms with E-state index in [1.807, 2.05) is 54.6 Å². The minimum atomic E-state index is -0.976. The first-order chi connectivity index (χ1) is 18.5. The van der Waals surface area contributed by atoms with Crippen LogP contribution in [0.3, 0.4) is 0 Å². The zero-order chi connectivity index (χ0) is 26.5. The number of aromatic nitrogens is 2. The van der Waals surface area contributed by atoms with E-state index in [-0.39, 0.29) is 35.7 Å². The smallest absolute Gasteiger partial charge is 0.437 e. The van der Waals surface area contributed by atoms with Crippen molar-refractivity contribution in [1.29, 1.82) is 0 Å². The van der Waals surface area contributed by atoms with Crippen LogP contribution in [-0.2, 0) is 17.9 Å². The standard InChI is InChI=1S/C30H29N3O5/c34-27(31-18-20-10-16-25(17-11-20)29(35)36)26(22-6-4-5-7-22)23-14-12-21(13-15-23)19-33-30(37)38-28(32-33)24-8-2-1-3-9-24/h1-3,8-17,22,26H,4-7,18-19H2,(H,31,34)(H,35,36). The van der Waals surface area contributed by atoms with Gasteiger partial charge in [0.1, 0.15) is 0 Å². The van der Waals surface area contributed by atoms with Gasteiger partial charge in [0.15, 0.2) is 0 Å². The number of nitrogens with zero attached hydrogens (tertiary/aromatic N) is 2. The highest BCUT2D eigenvalue weighted by molar-refractivity contribution is 5.87. The normalized spacial score (nSPS) is 14.3. The van der Waals surface area contributed by atoms with Crippen molar-refractivity contribution in [3.8, 4) is 11.5 Å². The number of hydrogen-bond acceptors (Lipinski definition) is 5. The fraction of sp³-hybridized carbons (Fsp3) is 0.267. The summed E-state index contributed by atoms with van der Waals surface area (Å²) in [6.45, 7) is 0.598. The maximum Gasteiger partial charge on any atom is 0.437 e. The summed E-state index contributed by atoms with van der Waals surface area (Å²) in [6.07, 6.45) is 4.23. The van der Waals surface area contributed by atoms with Crippen LogP contribution < -0.4 is 11.1 Å².